The number of fused-ring (bicyclic) bond motifs is 1. The van der Waals surface area contributed by atoms with E-state index in [1.54, 1.807) is 30.3 Å². The molecule has 1 heterocycles. The van der Waals surface area contributed by atoms with E-state index in [0.717, 1.165) is 0 Å². The smallest absolute Gasteiger partial charge is 0.227 e. The van der Waals surface area contributed by atoms with E-state index in [2.05, 4.69) is 4.98 Å². The highest BCUT2D eigenvalue weighted by molar-refractivity contribution is 6.31. The third kappa shape index (κ3) is 2.02. The maximum atomic E-state index is 5.93. The minimum Gasteiger partial charge on any atom is -0.492 e. The Morgan fingerprint density at radius 2 is 1.85 bits per heavy atom. The predicted octanol–water partition coefficient (Wildman–Crippen LogP) is 3.32. The molecular formula is C14H12ClN3O2. The Morgan fingerprint density at radius 3 is 2.50 bits per heavy atom. The van der Waals surface area contributed by atoms with Crippen molar-refractivity contribution in [2.45, 2.75) is 0 Å². The van der Waals surface area contributed by atoms with Crippen LogP contribution in [-0.2, 0) is 0 Å². The summed E-state index contributed by atoms with van der Waals surface area (Å²) in [5.74, 6) is 0.885. The van der Waals surface area contributed by atoms with Crippen molar-refractivity contribution in [3.8, 4) is 17.2 Å². The van der Waals surface area contributed by atoms with Crippen molar-refractivity contribution >= 4 is 34.1 Å². The van der Waals surface area contributed by atoms with Crippen LogP contribution in [0.3, 0.4) is 0 Å². The van der Waals surface area contributed by atoms with Gasteiger partial charge in [0.05, 0.1) is 18.5 Å². The number of methoxy groups -OCH3 is 1. The second-order valence-electron chi connectivity index (χ2n) is 4.32. The van der Waals surface area contributed by atoms with Crippen LogP contribution in [0, 0.1) is 0 Å². The second-order valence-corrected chi connectivity index (χ2v) is 4.76. The van der Waals surface area contributed by atoms with Gasteiger partial charge in [0.2, 0.25) is 5.89 Å². The summed E-state index contributed by atoms with van der Waals surface area (Å²) in [6, 6.07) is 8.67. The Morgan fingerprint density at radius 1 is 1.15 bits per heavy atom. The van der Waals surface area contributed by atoms with E-state index in [0.29, 0.717) is 44.7 Å². The average Bonchev–Trinajstić information content (AvgIpc) is 2.81. The van der Waals surface area contributed by atoms with E-state index in [-0.39, 0.29) is 0 Å². The zero-order valence-corrected chi connectivity index (χ0v) is 11.4. The molecule has 0 fully saturated rings. The third-order valence-corrected chi connectivity index (χ3v) is 3.18. The molecule has 0 aliphatic carbocycles. The molecule has 2 aromatic carbocycles. The van der Waals surface area contributed by atoms with Crippen LogP contribution in [0.5, 0.6) is 5.75 Å². The molecule has 0 saturated heterocycles. The van der Waals surface area contributed by atoms with Crippen LogP contribution < -0.4 is 16.2 Å². The van der Waals surface area contributed by atoms with Gasteiger partial charge in [0.1, 0.15) is 5.52 Å². The molecule has 5 nitrogen and oxygen atoms in total. The van der Waals surface area contributed by atoms with Crippen molar-refractivity contribution in [1.29, 1.82) is 0 Å². The zero-order valence-electron chi connectivity index (χ0n) is 10.7. The molecule has 0 spiro atoms. The van der Waals surface area contributed by atoms with Gasteiger partial charge in [-0.25, -0.2) is 4.98 Å². The number of nitrogens with two attached hydrogens (primary N) is 2. The van der Waals surface area contributed by atoms with Gasteiger partial charge in [-0.05, 0) is 30.3 Å². The fourth-order valence-electron chi connectivity index (χ4n) is 2.06. The molecule has 102 valence electrons. The van der Waals surface area contributed by atoms with E-state index in [1.165, 1.54) is 7.11 Å². The Balaban J connectivity index is 2.15. The van der Waals surface area contributed by atoms with Crippen molar-refractivity contribution in [3.63, 3.8) is 0 Å². The number of oxazole rings is 1. The summed E-state index contributed by atoms with van der Waals surface area (Å²) in [7, 11) is 1.52. The number of anilines is 2. The SMILES string of the molecule is COc1c(N)cc(-c2nc3cc(Cl)ccc3o2)cc1N. The van der Waals surface area contributed by atoms with Crippen LogP contribution in [0.4, 0.5) is 11.4 Å². The largest absolute Gasteiger partial charge is 0.492 e. The number of ether oxygens (including phenoxy) is 1. The van der Waals surface area contributed by atoms with Crippen LogP contribution in [0.2, 0.25) is 5.02 Å². The minimum absolute atomic E-state index is 0.433. The predicted molar refractivity (Wildman–Crippen MR) is 79.8 cm³/mol. The van der Waals surface area contributed by atoms with Crippen LogP contribution in [0.1, 0.15) is 0 Å². The van der Waals surface area contributed by atoms with Gasteiger partial charge < -0.3 is 20.6 Å². The van der Waals surface area contributed by atoms with Gasteiger partial charge in [-0.15, -0.1) is 0 Å². The van der Waals surface area contributed by atoms with Gasteiger partial charge >= 0.3 is 0 Å². The Kier molecular flexibility index (Phi) is 2.91. The maximum absolute atomic E-state index is 5.93. The maximum Gasteiger partial charge on any atom is 0.227 e. The second kappa shape index (κ2) is 4.61. The van der Waals surface area contributed by atoms with Crippen molar-refractivity contribution < 1.29 is 9.15 Å². The number of nitrogens with zero attached hydrogens (tertiary/aromatic N) is 1. The molecule has 0 amide bonds. The lowest BCUT2D eigenvalue weighted by Gasteiger charge is -2.08. The quantitative estimate of drug-likeness (QED) is 0.707. The number of hydrogen-bond donors (Lipinski definition) is 2. The highest BCUT2D eigenvalue weighted by Gasteiger charge is 2.13. The van der Waals surface area contributed by atoms with Crippen molar-refractivity contribution in [3.05, 3.63) is 35.4 Å². The van der Waals surface area contributed by atoms with E-state index >= 15 is 0 Å². The molecule has 20 heavy (non-hydrogen) atoms. The Hall–Kier alpha value is -2.40. The minimum atomic E-state index is 0.433. The van der Waals surface area contributed by atoms with E-state index < -0.39 is 0 Å². The summed E-state index contributed by atoms with van der Waals surface area (Å²) >= 11 is 5.93. The standard InChI is InChI=1S/C14H12ClN3O2/c1-19-13-9(16)4-7(5-10(13)17)14-18-11-6-8(15)2-3-12(11)20-14/h2-6H,16-17H2,1H3. The zero-order chi connectivity index (χ0) is 14.3. The highest BCUT2D eigenvalue weighted by Crippen LogP contribution is 2.35. The lowest BCUT2D eigenvalue weighted by atomic mass is 10.1. The highest BCUT2D eigenvalue weighted by atomic mass is 35.5. The fraction of sp³-hybridized carbons (Fsp3) is 0.0714. The number of halogens is 1. The lowest BCUT2D eigenvalue weighted by molar-refractivity contribution is 0.419. The molecule has 4 N–H and O–H groups in total. The van der Waals surface area contributed by atoms with Gasteiger partial charge in [0, 0.05) is 10.6 Å². The Bertz CT molecular complexity index is 775. The number of aromatic nitrogens is 1. The van der Waals surface area contributed by atoms with Crippen molar-refractivity contribution in [1.82, 2.24) is 4.98 Å². The van der Waals surface area contributed by atoms with E-state index in [1.807, 2.05) is 0 Å². The summed E-state index contributed by atoms with van der Waals surface area (Å²) in [6.07, 6.45) is 0. The van der Waals surface area contributed by atoms with Gasteiger partial charge in [0.15, 0.2) is 11.3 Å². The summed E-state index contributed by atoms with van der Waals surface area (Å²) in [4.78, 5) is 4.38. The van der Waals surface area contributed by atoms with Gasteiger partial charge in [-0.3, -0.25) is 0 Å². The summed E-state index contributed by atoms with van der Waals surface area (Å²) in [5, 5.41) is 0.603. The number of nitrogen functional groups attached to an aromatic ring is 2. The number of benzene rings is 2. The molecule has 0 radical (unpaired) electrons. The average molecular weight is 290 g/mol. The molecule has 3 aromatic rings. The first-order valence-corrected chi connectivity index (χ1v) is 6.25. The van der Waals surface area contributed by atoms with Crippen LogP contribution >= 0.6 is 11.6 Å². The summed E-state index contributed by atoms with van der Waals surface area (Å²) in [6.45, 7) is 0. The molecule has 0 aliphatic rings. The third-order valence-electron chi connectivity index (χ3n) is 2.95. The topological polar surface area (TPSA) is 87.3 Å². The van der Waals surface area contributed by atoms with Gasteiger partial charge in [-0.1, -0.05) is 11.6 Å². The molecule has 0 unspecified atom stereocenters. The Labute approximate surface area is 120 Å². The van der Waals surface area contributed by atoms with Gasteiger partial charge in [-0.2, -0.15) is 0 Å². The number of rotatable bonds is 2. The van der Waals surface area contributed by atoms with Crippen LogP contribution in [-0.4, -0.2) is 12.1 Å². The van der Waals surface area contributed by atoms with Crippen LogP contribution in [0.15, 0.2) is 34.7 Å². The first kappa shape index (κ1) is 12.6. The fourth-order valence-corrected chi connectivity index (χ4v) is 2.22. The molecule has 1 aromatic heterocycles. The van der Waals surface area contributed by atoms with E-state index in [9.17, 15) is 0 Å². The van der Waals surface area contributed by atoms with Crippen molar-refractivity contribution in [2.75, 3.05) is 18.6 Å². The monoisotopic (exact) mass is 289 g/mol. The van der Waals surface area contributed by atoms with E-state index in [4.69, 9.17) is 32.2 Å². The molecular weight excluding hydrogens is 278 g/mol. The molecule has 0 aliphatic heterocycles. The molecule has 0 atom stereocenters. The normalized spacial score (nSPS) is 10.9. The molecule has 0 saturated carbocycles. The summed E-state index contributed by atoms with van der Waals surface area (Å²) < 4.78 is 10.8. The first-order valence-electron chi connectivity index (χ1n) is 5.88. The summed E-state index contributed by atoms with van der Waals surface area (Å²) in [5.41, 5.74) is 14.7. The molecule has 0 bridgehead atoms. The molecule has 3 rings (SSSR count). The van der Waals surface area contributed by atoms with Crippen LogP contribution in [0.25, 0.3) is 22.6 Å². The van der Waals surface area contributed by atoms with Crippen molar-refractivity contribution in [2.24, 2.45) is 0 Å². The van der Waals surface area contributed by atoms with Gasteiger partial charge in [0.25, 0.3) is 0 Å². The number of hydrogen-bond acceptors (Lipinski definition) is 5. The molecule has 6 heteroatoms. The lowest BCUT2D eigenvalue weighted by Crippen LogP contribution is -1.98. The first-order chi connectivity index (χ1) is 9.58.